The Hall–Kier alpha value is -1.97. The first kappa shape index (κ1) is 12.1. The van der Waals surface area contributed by atoms with Gasteiger partial charge in [0.15, 0.2) is 0 Å². The number of fused-ring (bicyclic) bond motifs is 3. The molecule has 1 heterocycles. The maximum Gasteiger partial charge on any atom is 0.302 e. The molecule has 0 saturated carbocycles. The maximum absolute atomic E-state index is 11.1. The standard InChI is InChI=1S/C15H17NO3/c1-9(17)19-10-6-7-13-12(8-10)11-4-3-5-14(18-2)15(11)16-13/h3-5,10,16H,6-8H2,1-2H3/t10-/m0/s1. The maximum atomic E-state index is 11.1. The van der Waals surface area contributed by atoms with Gasteiger partial charge in [-0.2, -0.15) is 0 Å². The number of para-hydroxylation sites is 1. The van der Waals surface area contributed by atoms with Gasteiger partial charge in [-0.25, -0.2) is 0 Å². The molecule has 1 N–H and O–H groups in total. The Morgan fingerprint density at radius 3 is 3.00 bits per heavy atom. The average Bonchev–Trinajstić information content (AvgIpc) is 2.76. The fraction of sp³-hybridized carbons (Fsp3) is 0.400. The summed E-state index contributed by atoms with van der Waals surface area (Å²) in [5.74, 6) is 0.654. The quantitative estimate of drug-likeness (QED) is 0.843. The number of carbonyl (C=O) groups is 1. The van der Waals surface area contributed by atoms with Crippen LogP contribution in [0.3, 0.4) is 0 Å². The lowest BCUT2D eigenvalue weighted by atomic mass is 9.93. The van der Waals surface area contributed by atoms with Crippen molar-refractivity contribution in [2.24, 2.45) is 0 Å². The molecule has 0 amide bonds. The second kappa shape index (κ2) is 4.61. The van der Waals surface area contributed by atoms with Crippen molar-refractivity contribution in [1.29, 1.82) is 0 Å². The van der Waals surface area contributed by atoms with Gasteiger partial charge in [0.1, 0.15) is 11.9 Å². The SMILES string of the molecule is COc1cccc2c3c([nH]c12)CC[C@H](OC(C)=O)C3. The third-order valence-corrected chi connectivity index (χ3v) is 3.69. The number of benzene rings is 1. The molecule has 1 atom stereocenters. The van der Waals surface area contributed by atoms with E-state index >= 15 is 0 Å². The summed E-state index contributed by atoms with van der Waals surface area (Å²) in [6.45, 7) is 1.47. The molecule has 0 bridgehead atoms. The van der Waals surface area contributed by atoms with Crippen LogP contribution in [-0.4, -0.2) is 24.2 Å². The minimum Gasteiger partial charge on any atom is -0.495 e. The minimum atomic E-state index is -0.203. The Morgan fingerprint density at radius 1 is 1.42 bits per heavy atom. The summed E-state index contributed by atoms with van der Waals surface area (Å²) in [6, 6.07) is 6.03. The number of aryl methyl sites for hydroxylation is 1. The number of nitrogens with one attached hydrogen (secondary N) is 1. The number of hydrogen-bond acceptors (Lipinski definition) is 3. The molecule has 1 aliphatic carbocycles. The van der Waals surface area contributed by atoms with Crippen molar-refractivity contribution in [2.75, 3.05) is 7.11 Å². The normalized spacial score (nSPS) is 18.1. The third kappa shape index (κ3) is 2.07. The van der Waals surface area contributed by atoms with Crippen molar-refractivity contribution < 1.29 is 14.3 Å². The Kier molecular flexibility index (Phi) is 2.93. The molecule has 4 nitrogen and oxygen atoms in total. The summed E-state index contributed by atoms with van der Waals surface area (Å²) in [6.07, 6.45) is 2.56. The van der Waals surface area contributed by atoms with E-state index in [4.69, 9.17) is 9.47 Å². The van der Waals surface area contributed by atoms with Crippen molar-refractivity contribution in [3.63, 3.8) is 0 Å². The van der Waals surface area contributed by atoms with Gasteiger partial charge in [-0.1, -0.05) is 12.1 Å². The first-order chi connectivity index (χ1) is 9.19. The lowest BCUT2D eigenvalue weighted by molar-refractivity contribution is -0.146. The van der Waals surface area contributed by atoms with Crippen molar-refractivity contribution in [2.45, 2.75) is 32.3 Å². The van der Waals surface area contributed by atoms with E-state index in [0.717, 1.165) is 30.5 Å². The summed E-state index contributed by atoms with van der Waals surface area (Å²) < 4.78 is 10.7. The van der Waals surface area contributed by atoms with Gasteiger partial charge < -0.3 is 14.5 Å². The highest BCUT2D eigenvalue weighted by atomic mass is 16.5. The summed E-state index contributed by atoms with van der Waals surface area (Å²) in [4.78, 5) is 14.5. The number of ether oxygens (including phenoxy) is 2. The van der Waals surface area contributed by atoms with Crippen molar-refractivity contribution in [3.8, 4) is 5.75 Å². The van der Waals surface area contributed by atoms with Gasteiger partial charge in [0.05, 0.1) is 12.6 Å². The van der Waals surface area contributed by atoms with Gasteiger partial charge in [-0.05, 0) is 24.5 Å². The van der Waals surface area contributed by atoms with Gasteiger partial charge in [0.2, 0.25) is 0 Å². The second-order valence-corrected chi connectivity index (χ2v) is 4.94. The molecule has 0 saturated heterocycles. The van der Waals surface area contributed by atoms with Crippen LogP contribution in [0.4, 0.5) is 0 Å². The van der Waals surface area contributed by atoms with Crippen molar-refractivity contribution >= 4 is 16.9 Å². The number of methoxy groups -OCH3 is 1. The molecule has 4 heteroatoms. The lowest BCUT2D eigenvalue weighted by Crippen LogP contribution is -2.24. The van der Waals surface area contributed by atoms with Gasteiger partial charge in [0, 0.05) is 24.4 Å². The Labute approximate surface area is 111 Å². The fourth-order valence-electron chi connectivity index (χ4n) is 2.89. The molecule has 3 rings (SSSR count). The van der Waals surface area contributed by atoms with Crippen molar-refractivity contribution in [3.05, 3.63) is 29.5 Å². The largest absolute Gasteiger partial charge is 0.495 e. The van der Waals surface area contributed by atoms with Crippen LogP contribution in [-0.2, 0) is 22.4 Å². The molecule has 0 spiro atoms. The highest BCUT2D eigenvalue weighted by Gasteiger charge is 2.25. The van der Waals surface area contributed by atoms with Gasteiger partial charge in [0.25, 0.3) is 0 Å². The van der Waals surface area contributed by atoms with Crippen LogP contribution in [0.1, 0.15) is 24.6 Å². The third-order valence-electron chi connectivity index (χ3n) is 3.69. The summed E-state index contributed by atoms with van der Waals surface area (Å²) in [7, 11) is 1.68. The van der Waals surface area contributed by atoms with Gasteiger partial charge >= 0.3 is 5.97 Å². The number of esters is 1. The highest BCUT2D eigenvalue weighted by molar-refractivity contribution is 5.89. The first-order valence-corrected chi connectivity index (χ1v) is 6.52. The minimum absolute atomic E-state index is 0.00444. The smallest absolute Gasteiger partial charge is 0.302 e. The van der Waals surface area contributed by atoms with E-state index in [9.17, 15) is 4.79 Å². The molecule has 1 aliphatic rings. The van der Waals surface area contributed by atoms with Gasteiger partial charge in [-0.3, -0.25) is 4.79 Å². The number of hydrogen-bond donors (Lipinski definition) is 1. The molecule has 19 heavy (non-hydrogen) atoms. The average molecular weight is 259 g/mol. The predicted molar refractivity (Wildman–Crippen MR) is 72.4 cm³/mol. The Morgan fingerprint density at radius 2 is 2.26 bits per heavy atom. The van der Waals surface area contributed by atoms with E-state index < -0.39 is 0 Å². The number of aromatic amines is 1. The van der Waals surface area contributed by atoms with Gasteiger partial charge in [-0.15, -0.1) is 0 Å². The highest BCUT2D eigenvalue weighted by Crippen LogP contribution is 2.34. The lowest BCUT2D eigenvalue weighted by Gasteiger charge is -2.22. The predicted octanol–water partition coefficient (Wildman–Crippen LogP) is 2.60. The molecule has 0 radical (unpaired) electrons. The molecule has 0 aliphatic heterocycles. The number of aromatic nitrogens is 1. The van der Waals surface area contributed by atoms with E-state index in [1.165, 1.54) is 23.6 Å². The molecule has 1 aromatic heterocycles. The monoisotopic (exact) mass is 259 g/mol. The van der Waals surface area contributed by atoms with Crippen LogP contribution in [0, 0.1) is 0 Å². The Bertz CT molecular complexity index is 630. The topological polar surface area (TPSA) is 51.3 Å². The zero-order valence-corrected chi connectivity index (χ0v) is 11.2. The summed E-state index contributed by atoms with van der Waals surface area (Å²) >= 11 is 0. The zero-order chi connectivity index (χ0) is 13.4. The van der Waals surface area contributed by atoms with E-state index in [2.05, 4.69) is 11.1 Å². The van der Waals surface area contributed by atoms with E-state index in [0.29, 0.717) is 0 Å². The van der Waals surface area contributed by atoms with Crippen LogP contribution in [0.5, 0.6) is 5.75 Å². The zero-order valence-electron chi connectivity index (χ0n) is 11.2. The van der Waals surface area contributed by atoms with Crippen molar-refractivity contribution in [1.82, 2.24) is 4.98 Å². The number of H-pyrrole nitrogens is 1. The number of rotatable bonds is 2. The van der Waals surface area contributed by atoms with Crippen LogP contribution in [0.15, 0.2) is 18.2 Å². The second-order valence-electron chi connectivity index (χ2n) is 4.94. The fourth-order valence-corrected chi connectivity index (χ4v) is 2.89. The first-order valence-electron chi connectivity index (χ1n) is 6.52. The molecular formula is C15H17NO3. The molecule has 0 unspecified atom stereocenters. The summed E-state index contributed by atoms with van der Waals surface area (Å²) in [5, 5.41) is 1.17. The van der Waals surface area contributed by atoms with E-state index in [1.807, 2.05) is 12.1 Å². The molecule has 100 valence electrons. The molecular weight excluding hydrogens is 242 g/mol. The Balaban J connectivity index is 2.02. The summed E-state index contributed by atoms with van der Waals surface area (Å²) in [5.41, 5.74) is 3.53. The molecule has 1 aromatic carbocycles. The van der Waals surface area contributed by atoms with Crippen LogP contribution < -0.4 is 4.74 Å². The van der Waals surface area contributed by atoms with Crippen LogP contribution >= 0.6 is 0 Å². The van der Waals surface area contributed by atoms with E-state index in [-0.39, 0.29) is 12.1 Å². The van der Waals surface area contributed by atoms with Crippen LogP contribution in [0.25, 0.3) is 10.9 Å². The number of carbonyl (C=O) groups excluding carboxylic acids is 1. The molecule has 0 fully saturated rings. The van der Waals surface area contributed by atoms with Crippen LogP contribution in [0.2, 0.25) is 0 Å². The molecule has 2 aromatic rings. The van der Waals surface area contributed by atoms with E-state index in [1.54, 1.807) is 7.11 Å².